The molecule has 2 rings (SSSR count). The number of hydrogen-bond acceptors (Lipinski definition) is 2. The van der Waals surface area contributed by atoms with Gasteiger partial charge in [0.15, 0.2) is 5.15 Å². The Kier molecular flexibility index (Phi) is 1.93. The zero-order chi connectivity index (χ0) is 9.42. The number of aromatic nitrogens is 2. The molecule has 0 amide bonds. The normalized spacial score (nSPS) is 10.7. The van der Waals surface area contributed by atoms with Crippen molar-refractivity contribution in [2.45, 2.75) is 13.8 Å². The van der Waals surface area contributed by atoms with Gasteiger partial charge in [-0.05, 0) is 19.9 Å². The minimum Gasteiger partial charge on any atom is -0.154 e. The third kappa shape index (κ3) is 1.38. The number of aryl methyl sites for hydroxylation is 2. The topological polar surface area (TPSA) is 25.8 Å². The van der Waals surface area contributed by atoms with E-state index < -0.39 is 0 Å². The summed E-state index contributed by atoms with van der Waals surface area (Å²) in [7, 11) is 0. The fraction of sp³-hybridized carbons (Fsp3) is 0.200. The largest absolute Gasteiger partial charge is 0.159 e. The third-order valence-corrected chi connectivity index (χ3v) is 2.35. The van der Waals surface area contributed by atoms with Gasteiger partial charge in [0.25, 0.3) is 0 Å². The first-order valence-electron chi connectivity index (χ1n) is 4.07. The van der Waals surface area contributed by atoms with Crippen LogP contribution in [-0.2, 0) is 0 Å². The van der Waals surface area contributed by atoms with Crippen LogP contribution in [0.15, 0.2) is 18.2 Å². The Hall–Kier alpha value is -1.15. The second kappa shape index (κ2) is 2.96. The molecule has 1 heterocycles. The highest BCUT2D eigenvalue weighted by molar-refractivity contribution is 6.34. The second-order valence-corrected chi connectivity index (χ2v) is 3.48. The Morgan fingerprint density at radius 3 is 2.62 bits per heavy atom. The van der Waals surface area contributed by atoms with E-state index in [-0.39, 0.29) is 0 Å². The van der Waals surface area contributed by atoms with Crippen LogP contribution in [-0.4, -0.2) is 10.2 Å². The van der Waals surface area contributed by atoms with Crippen LogP contribution in [0, 0.1) is 13.8 Å². The van der Waals surface area contributed by atoms with Crippen molar-refractivity contribution in [1.82, 2.24) is 10.2 Å². The molecule has 2 nitrogen and oxygen atoms in total. The molecular weight excluding hydrogens is 184 g/mol. The zero-order valence-electron chi connectivity index (χ0n) is 7.50. The molecule has 66 valence electrons. The number of nitrogens with zero attached hydrogens (tertiary/aromatic N) is 2. The van der Waals surface area contributed by atoms with E-state index in [4.69, 9.17) is 11.6 Å². The van der Waals surface area contributed by atoms with Crippen molar-refractivity contribution in [2.75, 3.05) is 0 Å². The number of rotatable bonds is 0. The van der Waals surface area contributed by atoms with Crippen LogP contribution < -0.4 is 0 Å². The van der Waals surface area contributed by atoms with Crippen LogP contribution in [0.3, 0.4) is 0 Å². The van der Waals surface area contributed by atoms with Crippen molar-refractivity contribution < 1.29 is 0 Å². The maximum atomic E-state index is 5.91. The van der Waals surface area contributed by atoms with E-state index in [0.717, 1.165) is 16.5 Å². The summed E-state index contributed by atoms with van der Waals surface area (Å²) in [6.45, 7) is 3.98. The molecule has 2 aromatic rings. The molecule has 0 saturated heterocycles. The molecule has 0 aliphatic carbocycles. The van der Waals surface area contributed by atoms with E-state index in [1.165, 1.54) is 5.56 Å². The lowest BCUT2D eigenvalue weighted by molar-refractivity contribution is 1.00. The summed E-state index contributed by atoms with van der Waals surface area (Å²) in [6, 6.07) is 6.08. The average Bonchev–Trinajstić information content (AvgIpc) is 2.12. The molecule has 1 aromatic carbocycles. The summed E-state index contributed by atoms with van der Waals surface area (Å²) in [6.07, 6.45) is 0. The smallest absolute Gasteiger partial charge is 0.154 e. The molecule has 0 bridgehead atoms. The first kappa shape index (κ1) is 8.45. The first-order chi connectivity index (χ1) is 6.18. The average molecular weight is 193 g/mol. The quantitative estimate of drug-likeness (QED) is 0.642. The zero-order valence-corrected chi connectivity index (χ0v) is 8.26. The molecule has 0 atom stereocenters. The van der Waals surface area contributed by atoms with Gasteiger partial charge < -0.3 is 0 Å². The molecule has 0 aliphatic heterocycles. The molecule has 13 heavy (non-hydrogen) atoms. The fourth-order valence-corrected chi connectivity index (χ4v) is 1.57. The van der Waals surface area contributed by atoms with Crippen LogP contribution in [0.5, 0.6) is 0 Å². The third-order valence-electron chi connectivity index (χ3n) is 2.07. The van der Waals surface area contributed by atoms with Gasteiger partial charge in [-0.15, -0.1) is 5.10 Å². The van der Waals surface area contributed by atoms with E-state index in [1.54, 1.807) is 0 Å². The number of fused-ring (bicyclic) bond motifs is 1. The van der Waals surface area contributed by atoms with E-state index in [0.29, 0.717) is 5.15 Å². The van der Waals surface area contributed by atoms with E-state index in [1.807, 2.05) is 26.0 Å². The molecule has 1 aromatic heterocycles. The fourth-order valence-electron chi connectivity index (χ4n) is 1.36. The molecule has 3 heteroatoms. The Bertz CT molecular complexity index is 466. The van der Waals surface area contributed by atoms with Gasteiger partial charge in [-0.3, -0.25) is 0 Å². The van der Waals surface area contributed by atoms with Crippen LogP contribution in [0.25, 0.3) is 10.8 Å². The SMILES string of the molecule is Cc1ccc2c(Cl)nnc(C)c2c1. The lowest BCUT2D eigenvalue weighted by atomic mass is 10.1. The van der Waals surface area contributed by atoms with Gasteiger partial charge in [0.1, 0.15) is 0 Å². The van der Waals surface area contributed by atoms with E-state index in [2.05, 4.69) is 16.3 Å². The summed E-state index contributed by atoms with van der Waals surface area (Å²) in [4.78, 5) is 0. The van der Waals surface area contributed by atoms with Crippen LogP contribution in [0.2, 0.25) is 5.15 Å². The van der Waals surface area contributed by atoms with Gasteiger partial charge >= 0.3 is 0 Å². The van der Waals surface area contributed by atoms with Crippen LogP contribution >= 0.6 is 11.6 Å². The van der Waals surface area contributed by atoms with E-state index >= 15 is 0 Å². The Morgan fingerprint density at radius 1 is 1.08 bits per heavy atom. The Balaban J connectivity index is 2.92. The lowest BCUT2D eigenvalue weighted by Crippen LogP contribution is -1.90. The summed E-state index contributed by atoms with van der Waals surface area (Å²) in [5, 5.41) is 10.3. The molecule has 0 fully saturated rings. The van der Waals surface area contributed by atoms with Gasteiger partial charge in [-0.25, -0.2) is 0 Å². The molecule has 0 radical (unpaired) electrons. The van der Waals surface area contributed by atoms with E-state index in [9.17, 15) is 0 Å². The predicted octanol–water partition coefficient (Wildman–Crippen LogP) is 2.90. The van der Waals surface area contributed by atoms with Crippen molar-refractivity contribution in [3.8, 4) is 0 Å². The highest BCUT2D eigenvalue weighted by Gasteiger charge is 2.03. The molecule has 0 unspecified atom stereocenters. The molecule has 0 aliphatic rings. The monoisotopic (exact) mass is 192 g/mol. The molecular formula is C10H9ClN2. The van der Waals surface area contributed by atoms with Gasteiger partial charge in [-0.1, -0.05) is 29.3 Å². The number of hydrogen-bond donors (Lipinski definition) is 0. The first-order valence-corrected chi connectivity index (χ1v) is 4.45. The number of benzene rings is 1. The summed E-state index contributed by atoms with van der Waals surface area (Å²) in [5.74, 6) is 0. The molecule has 0 saturated carbocycles. The molecule has 0 spiro atoms. The minimum atomic E-state index is 0.473. The summed E-state index contributed by atoms with van der Waals surface area (Å²) < 4.78 is 0. The highest BCUT2D eigenvalue weighted by atomic mass is 35.5. The van der Waals surface area contributed by atoms with Crippen molar-refractivity contribution in [2.24, 2.45) is 0 Å². The van der Waals surface area contributed by atoms with Gasteiger partial charge in [0, 0.05) is 10.8 Å². The van der Waals surface area contributed by atoms with Crippen molar-refractivity contribution in [3.63, 3.8) is 0 Å². The van der Waals surface area contributed by atoms with Crippen LogP contribution in [0.4, 0.5) is 0 Å². The van der Waals surface area contributed by atoms with Gasteiger partial charge in [-0.2, -0.15) is 5.10 Å². The van der Waals surface area contributed by atoms with Crippen molar-refractivity contribution in [3.05, 3.63) is 34.6 Å². The Labute approximate surface area is 81.6 Å². The molecule has 0 N–H and O–H groups in total. The maximum Gasteiger partial charge on any atom is 0.159 e. The number of halogens is 1. The minimum absolute atomic E-state index is 0.473. The maximum absolute atomic E-state index is 5.91. The lowest BCUT2D eigenvalue weighted by Gasteiger charge is -2.02. The van der Waals surface area contributed by atoms with Crippen LogP contribution in [0.1, 0.15) is 11.3 Å². The van der Waals surface area contributed by atoms with Gasteiger partial charge in [0.05, 0.1) is 5.69 Å². The second-order valence-electron chi connectivity index (χ2n) is 3.13. The standard InChI is InChI=1S/C10H9ClN2/c1-6-3-4-8-9(5-6)7(2)12-13-10(8)11/h3-5H,1-2H3. The van der Waals surface area contributed by atoms with Gasteiger partial charge in [0.2, 0.25) is 0 Å². The summed E-state index contributed by atoms with van der Waals surface area (Å²) >= 11 is 5.91. The predicted molar refractivity (Wildman–Crippen MR) is 54.0 cm³/mol. The highest BCUT2D eigenvalue weighted by Crippen LogP contribution is 2.23. The summed E-state index contributed by atoms with van der Waals surface area (Å²) in [5.41, 5.74) is 2.13. The Morgan fingerprint density at radius 2 is 1.85 bits per heavy atom. The van der Waals surface area contributed by atoms with Crippen molar-refractivity contribution >= 4 is 22.4 Å². The van der Waals surface area contributed by atoms with Crippen molar-refractivity contribution in [1.29, 1.82) is 0 Å².